The second kappa shape index (κ2) is 6.04. The van der Waals surface area contributed by atoms with E-state index in [-0.39, 0.29) is 6.54 Å². The minimum atomic E-state index is -3.86. The van der Waals surface area contributed by atoms with Crippen molar-refractivity contribution in [2.75, 3.05) is 27.3 Å². The first-order valence-electron chi connectivity index (χ1n) is 5.06. The summed E-state index contributed by atoms with van der Waals surface area (Å²) in [4.78, 5) is 3.56. The van der Waals surface area contributed by atoms with Crippen molar-refractivity contribution in [2.24, 2.45) is 0 Å². The van der Waals surface area contributed by atoms with E-state index in [2.05, 4.69) is 4.98 Å². The third kappa shape index (κ3) is 3.45. The monoisotopic (exact) mass is 262 g/mol. The Kier molecular flexibility index (Phi) is 4.98. The molecule has 1 rings (SSSR count). The van der Waals surface area contributed by atoms with Crippen molar-refractivity contribution in [3.05, 3.63) is 24.1 Å². The largest absolute Gasteiger partial charge is 0.385 e. The van der Waals surface area contributed by atoms with E-state index in [0.29, 0.717) is 13.0 Å². The molecule has 0 aromatic carbocycles. The molecule has 0 amide bonds. The van der Waals surface area contributed by atoms with Crippen molar-refractivity contribution >= 4 is 10.0 Å². The van der Waals surface area contributed by atoms with E-state index in [0.717, 1.165) is 10.4 Å². The molecule has 1 aromatic heterocycles. The lowest BCUT2D eigenvalue weighted by Gasteiger charge is -2.16. The standard InChI is InChI=1S/C10H15FN2O3S/c1-13(7-4-8-16-2)17(14,15)10-9(11)5-3-6-12-10/h3,5-6H,4,7-8H2,1-2H3. The highest BCUT2D eigenvalue weighted by molar-refractivity contribution is 7.89. The number of sulfonamides is 1. The number of hydrogen-bond acceptors (Lipinski definition) is 4. The van der Waals surface area contributed by atoms with Crippen LogP contribution in [0.2, 0.25) is 0 Å². The minimum absolute atomic E-state index is 0.256. The Morgan fingerprint density at radius 1 is 1.53 bits per heavy atom. The smallest absolute Gasteiger partial charge is 0.263 e. The number of ether oxygens (including phenoxy) is 1. The zero-order valence-electron chi connectivity index (χ0n) is 9.76. The number of methoxy groups -OCH3 is 1. The lowest BCUT2D eigenvalue weighted by Crippen LogP contribution is -2.30. The Labute approximate surface area is 100 Å². The predicted molar refractivity (Wildman–Crippen MR) is 60.5 cm³/mol. The third-order valence-electron chi connectivity index (χ3n) is 2.20. The molecule has 0 aliphatic carbocycles. The van der Waals surface area contributed by atoms with Crippen molar-refractivity contribution in [1.82, 2.24) is 9.29 Å². The van der Waals surface area contributed by atoms with E-state index in [4.69, 9.17) is 4.74 Å². The number of halogens is 1. The molecule has 0 N–H and O–H groups in total. The zero-order chi connectivity index (χ0) is 12.9. The molecule has 0 unspecified atom stereocenters. The summed E-state index contributed by atoms with van der Waals surface area (Å²) in [5.74, 6) is -0.842. The van der Waals surface area contributed by atoms with Gasteiger partial charge in [-0.3, -0.25) is 0 Å². The molecule has 17 heavy (non-hydrogen) atoms. The first-order valence-corrected chi connectivity index (χ1v) is 6.50. The van der Waals surface area contributed by atoms with Gasteiger partial charge in [-0.2, -0.15) is 4.31 Å². The van der Waals surface area contributed by atoms with E-state index < -0.39 is 20.9 Å². The van der Waals surface area contributed by atoms with Gasteiger partial charge >= 0.3 is 0 Å². The molecular weight excluding hydrogens is 247 g/mol. The van der Waals surface area contributed by atoms with E-state index in [1.807, 2.05) is 0 Å². The molecule has 0 saturated heterocycles. The lowest BCUT2D eigenvalue weighted by molar-refractivity contribution is 0.189. The summed E-state index contributed by atoms with van der Waals surface area (Å²) >= 11 is 0. The molecule has 0 atom stereocenters. The Hall–Kier alpha value is -1.05. The Balaban J connectivity index is 2.85. The summed E-state index contributed by atoms with van der Waals surface area (Å²) in [6.45, 7) is 0.705. The summed E-state index contributed by atoms with van der Waals surface area (Å²) in [5.41, 5.74) is 0. The van der Waals surface area contributed by atoms with Gasteiger partial charge in [0.2, 0.25) is 5.03 Å². The van der Waals surface area contributed by atoms with Crippen LogP contribution in [0.1, 0.15) is 6.42 Å². The van der Waals surface area contributed by atoms with Gasteiger partial charge in [-0.25, -0.2) is 17.8 Å². The van der Waals surface area contributed by atoms with Crippen LogP contribution in [-0.2, 0) is 14.8 Å². The molecule has 7 heteroatoms. The average molecular weight is 262 g/mol. The molecule has 0 spiro atoms. The van der Waals surface area contributed by atoms with Gasteiger partial charge in [0.05, 0.1) is 0 Å². The van der Waals surface area contributed by atoms with Gasteiger partial charge in [0.25, 0.3) is 10.0 Å². The highest BCUT2D eigenvalue weighted by Crippen LogP contribution is 2.14. The summed E-state index contributed by atoms with van der Waals surface area (Å²) < 4.78 is 43.1. The molecule has 0 saturated carbocycles. The Bertz CT molecular complexity index is 464. The first kappa shape index (κ1) is 14.0. The van der Waals surface area contributed by atoms with Crippen molar-refractivity contribution in [2.45, 2.75) is 11.4 Å². The summed E-state index contributed by atoms with van der Waals surface area (Å²) in [6.07, 6.45) is 1.79. The maximum Gasteiger partial charge on any atom is 0.263 e. The first-order chi connectivity index (χ1) is 8.00. The molecule has 96 valence electrons. The number of nitrogens with zero attached hydrogens (tertiary/aromatic N) is 2. The summed E-state index contributed by atoms with van der Waals surface area (Å²) in [6, 6.07) is 2.42. The van der Waals surface area contributed by atoms with Crippen LogP contribution in [-0.4, -0.2) is 45.0 Å². The molecule has 0 radical (unpaired) electrons. The Morgan fingerprint density at radius 2 is 2.24 bits per heavy atom. The van der Waals surface area contributed by atoms with Crippen LogP contribution in [0.5, 0.6) is 0 Å². The number of pyridine rings is 1. The van der Waals surface area contributed by atoms with E-state index in [1.165, 1.54) is 26.4 Å². The highest BCUT2D eigenvalue weighted by atomic mass is 32.2. The maximum atomic E-state index is 13.3. The molecule has 1 aromatic rings. The van der Waals surface area contributed by atoms with Crippen LogP contribution in [0.4, 0.5) is 4.39 Å². The third-order valence-corrected chi connectivity index (χ3v) is 3.99. The molecular formula is C10H15FN2O3S. The second-order valence-electron chi connectivity index (χ2n) is 3.46. The number of aromatic nitrogens is 1. The summed E-state index contributed by atoms with van der Waals surface area (Å²) in [5, 5.41) is -0.542. The van der Waals surface area contributed by atoms with E-state index >= 15 is 0 Å². The highest BCUT2D eigenvalue weighted by Gasteiger charge is 2.25. The maximum absolute atomic E-state index is 13.3. The van der Waals surface area contributed by atoms with Crippen LogP contribution in [0, 0.1) is 5.82 Å². The summed E-state index contributed by atoms with van der Waals surface area (Å²) in [7, 11) is -0.936. The molecule has 1 heterocycles. The van der Waals surface area contributed by atoms with Gasteiger partial charge in [-0.1, -0.05) is 0 Å². The van der Waals surface area contributed by atoms with Crippen molar-refractivity contribution < 1.29 is 17.5 Å². The Morgan fingerprint density at radius 3 is 2.82 bits per heavy atom. The topological polar surface area (TPSA) is 59.5 Å². The van der Waals surface area contributed by atoms with Gasteiger partial charge in [-0.15, -0.1) is 0 Å². The predicted octanol–water partition coefficient (Wildman–Crippen LogP) is 0.878. The van der Waals surface area contributed by atoms with Crippen LogP contribution < -0.4 is 0 Å². The van der Waals surface area contributed by atoms with Crippen LogP contribution >= 0.6 is 0 Å². The fourth-order valence-corrected chi connectivity index (χ4v) is 2.43. The van der Waals surface area contributed by atoms with Gasteiger partial charge < -0.3 is 4.74 Å². The van der Waals surface area contributed by atoms with E-state index in [1.54, 1.807) is 0 Å². The number of hydrogen-bond donors (Lipinski definition) is 0. The average Bonchev–Trinajstić information content (AvgIpc) is 2.29. The zero-order valence-corrected chi connectivity index (χ0v) is 10.6. The molecule has 5 nitrogen and oxygen atoms in total. The van der Waals surface area contributed by atoms with Gasteiger partial charge in [0.1, 0.15) is 0 Å². The molecule has 0 bridgehead atoms. The van der Waals surface area contributed by atoms with Crippen LogP contribution in [0.3, 0.4) is 0 Å². The number of rotatable bonds is 6. The van der Waals surface area contributed by atoms with Gasteiger partial charge in [0.15, 0.2) is 5.82 Å². The molecule has 0 fully saturated rings. The van der Waals surface area contributed by atoms with Crippen LogP contribution in [0.15, 0.2) is 23.4 Å². The van der Waals surface area contributed by atoms with Gasteiger partial charge in [-0.05, 0) is 18.6 Å². The molecule has 0 aliphatic heterocycles. The van der Waals surface area contributed by atoms with Crippen LogP contribution in [0.25, 0.3) is 0 Å². The van der Waals surface area contributed by atoms with Crippen molar-refractivity contribution in [1.29, 1.82) is 0 Å². The minimum Gasteiger partial charge on any atom is -0.385 e. The molecule has 0 aliphatic rings. The van der Waals surface area contributed by atoms with Gasteiger partial charge in [0, 0.05) is 33.5 Å². The fourth-order valence-electron chi connectivity index (χ4n) is 1.26. The quantitative estimate of drug-likeness (QED) is 0.714. The lowest BCUT2D eigenvalue weighted by atomic mass is 10.5. The fraction of sp³-hybridized carbons (Fsp3) is 0.500. The van der Waals surface area contributed by atoms with E-state index in [9.17, 15) is 12.8 Å². The van der Waals surface area contributed by atoms with Crippen molar-refractivity contribution in [3.8, 4) is 0 Å². The SMILES string of the molecule is COCCCN(C)S(=O)(=O)c1ncccc1F. The normalized spacial score (nSPS) is 12.0. The second-order valence-corrected chi connectivity index (χ2v) is 5.42. The van der Waals surface area contributed by atoms with Crippen molar-refractivity contribution in [3.63, 3.8) is 0 Å².